The van der Waals surface area contributed by atoms with Gasteiger partial charge in [-0.1, -0.05) is 29.8 Å². The fourth-order valence-electron chi connectivity index (χ4n) is 3.05. The topological polar surface area (TPSA) is 70.7 Å². The Morgan fingerprint density at radius 1 is 1.15 bits per heavy atom. The zero-order valence-electron chi connectivity index (χ0n) is 15.1. The summed E-state index contributed by atoms with van der Waals surface area (Å²) < 4.78 is 5.27. The van der Waals surface area contributed by atoms with Crippen molar-refractivity contribution in [2.75, 3.05) is 25.5 Å². The molecule has 2 N–H and O–H groups in total. The molecule has 6 nitrogen and oxygen atoms in total. The van der Waals surface area contributed by atoms with Crippen molar-refractivity contribution in [1.29, 1.82) is 0 Å². The van der Waals surface area contributed by atoms with Crippen LogP contribution in [-0.4, -0.2) is 37.0 Å². The Bertz CT molecular complexity index is 835. The van der Waals surface area contributed by atoms with E-state index in [0.29, 0.717) is 28.6 Å². The number of ether oxygens (including phenoxy) is 1. The van der Waals surface area contributed by atoms with Crippen molar-refractivity contribution in [3.05, 3.63) is 58.6 Å². The number of likely N-dealkylation sites (tertiary alicyclic amines) is 1. The summed E-state index contributed by atoms with van der Waals surface area (Å²) in [7, 11) is 1.58. The third-order valence-corrected chi connectivity index (χ3v) is 4.82. The van der Waals surface area contributed by atoms with Crippen LogP contribution in [0.4, 0.5) is 10.5 Å². The van der Waals surface area contributed by atoms with Crippen molar-refractivity contribution in [2.45, 2.75) is 19.4 Å². The third-order valence-electron chi connectivity index (χ3n) is 4.49. The Morgan fingerprint density at radius 3 is 2.63 bits per heavy atom. The van der Waals surface area contributed by atoms with Crippen molar-refractivity contribution < 1.29 is 14.3 Å². The number of methoxy groups -OCH3 is 1. The average molecular weight is 388 g/mol. The number of nitrogens with one attached hydrogen (secondary N) is 2. The third kappa shape index (κ3) is 4.71. The number of para-hydroxylation sites is 1. The molecule has 142 valence electrons. The second-order valence-electron chi connectivity index (χ2n) is 6.31. The molecule has 7 heteroatoms. The van der Waals surface area contributed by atoms with Crippen molar-refractivity contribution in [3.63, 3.8) is 0 Å². The van der Waals surface area contributed by atoms with Gasteiger partial charge in [-0.05, 0) is 37.1 Å². The maximum atomic E-state index is 12.5. The van der Waals surface area contributed by atoms with Gasteiger partial charge in [0.25, 0.3) is 5.91 Å². The van der Waals surface area contributed by atoms with Gasteiger partial charge < -0.3 is 20.3 Å². The number of nitrogens with zero attached hydrogens (tertiary/aromatic N) is 1. The zero-order valence-corrected chi connectivity index (χ0v) is 15.9. The van der Waals surface area contributed by atoms with Crippen molar-refractivity contribution in [1.82, 2.24) is 10.2 Å². The summed E-state index contributed by atoms with van der Waals surface area (Å²) in [6.45, 7) is 1.84. The Labute approximate surface area is 163 Å². The molecule has 1 fully saturated rings. The summed E-state index contributed by atoms with van der Waals surface area (Å²) in [5.74, 6) is 0.663. The number of carbonyl (C=O) groups is 2. The van der Waals surface area contributed by atoms with Crippen LogP contribution in [0.2, 0.25) is 5.02 Å². The van der Waals surface area contributed by atoms with Gasteiger partial charge in [-0.15, -0.1) is 0 Å². The first kappa shape index (κ1) is 19.0. The molecular weight excluding hydrogens is 366 g/mol. The van der Waals surface area contributed by atoms with E-state index in [1.165, 1.54) is 0 Å². The molecule has 1 aliphatic heterocycles. The predicted octanol–water partition coefficient (Wildman–Crippen LogP) is 3.91. The van der Waals surface area contributed by atoms with Crippen molar-refractivity contribution >= 4 is 29.2 Å². The second-order valence-corrected chi connectivity index (χ2v) is 6.72. The predicted molar refractivity (Wildman–Crippen MR) is 105 cm³/mol. The molecule has 0 unspecified atom stereocenters. The van der Waals surface area contributed by atoms with Gasteiger partial charge in [0.05, 0.1) is 17.8 Å². The minimum absolute atomic E-state index is 0.0401. The normalized spacial score (nSPS) is 13.3. The number of hydrogen-bond acceptors (Lipinski definition) is 3. The highest BCUT2D eigenvalue weighted by Crippen LogP contribution is 2.25. The molecule has 1 aliphatic rings. The van der Waals surface area contributed by atoms with Crippen LogP contribution >= 0.6 is 11.6 Å². The molecule has 0 radical (unpaired) electrons. The van der Waals surface area contributed by atoms with E-state index in [0.717, 1.165) is 31.5 Å². The van der Waals surface area contributed by atoms with Gasteiger partial charge in [-0.3, -0.25) is 4.79 Å². The molecule has 3 rings (SSSR count). The number of halogens is 1. The minimum atomic E-state index is -0.409. The van der Waals surface area contributed by atoms with E-state index in [1.807, 2.05) is 29.2 Å². The van der Waals surface area contributed by atoms with Crippen LogP contribution in [0.5, 0.6) is 5.75 Å². The van der Waals surface area contributed by atoms with E-state index in [4.69, 9.17) is 16.3 Å². The number of hydrogen-bond donors (Lipinski definition) is 2. The van der Waals surface area contributed by atoms with Crippen LogP contribution in [0, 0.1) is 0 Å². The molecule has 3 amide bonds. The zero-order chi connectivity index (χ0) is 19.2. The highest BCUT2D eigenvalue weighted by atomic mass is 35.5. The van der Waals surface area contributed by atoms with Crippen LogP contribution in [0.15, 0.2) is 42.5 Å². The summed E-state index contributed by atoms with van der Waals surface area (Å²) in [5, 5.41) is 5.85. The number of urea groups is 1. The summed E-state index contributed by atoms with van der Waals surface area (Å²) in [6, 6.07) is 12.0. The van der Waals surface area contributed by atoms with E-state index in [-0.39, 0.29) is 5.91 Å². The van der Waals surface area contributed by atoms with Crippen LogP contribution in [0.3, 0.4) is 0 Å². The number of benzene rings is 2. The second kappa shape index (κ2) is 8.77. The van der Waals surface area contributed by atoms with Gasteiger partial charge >= 0.3 is 6.03 Å². The Kier molecular flexibility index (Phi) is 6.19. The summed E-state index contributed by atoms with van der Waals surface area (Å²) in [4.78, 5) is 26.6. The van der Waals surface area contributed by atoms with Gasteiger partial charge in [-0.2, -0.15) is 0 Å². The number of anilines is 1. The smallest absolute Gasteiger partial charge is 0.319 e. The number of amides is 3. The van der Waals surface area contributed by atoms with Gasteiger partial charge in [0.15, 0.2) is 0 Å². The molecule has 0 bridgehead atoms. The molecule has 0 spiro atoms. The molecular formula is C20H22ClN3O3. The van der Waals surface area contributed by atoms with Crippen LogP contribution in [0.25, 0.3) is 0 Å². The first-order valence-corrected chi connectivity index (χ1v) is 9.22. The minimum Gasteiger partial charge on any atom is -0.496 e. The largest absolute Gasteiger partial charge is 0.496 e. The van der Waals surface area contributed by atoms with Crippen LogP contribution < -0.4 is 15.4 Å². The summed E-state index contributed by atoms with van der Waals surface area (Å²) in [6.07, 6.45) is 2.05. The van der Waals surface area contributed by atoms with E-state index < -0.39 is 6.03 Å². The molecule has 27 heavy (non-hydrogen) atoms. The van der Waals surface area contributed by atoms with E-state index in [2.05, 4.69) is 10.6 Å². The van der Waals surface area contributed by atoms with Gasteiger partial charge in [0.2, 0.25) is 0 Å². The van der Waals surface area contributed by atoms with Gasteiger partial charge in [0, 0.05) is 30.8 Å². The van der Waals surface area contributed by atoms with Crippen molar-refractivity contribution in [3.8, 4) is 5.75 Å². The lowest BCUT2D eigenvalue weighted by Gasteiger charge is -2.16. The van der Waals surface area contributed by atoms with Gasteiger partial charge in [-0.25, -0.2) is 4.79 Å². The highest BCUT2D eigenvalue weighted by molar-refractivity contribution is 6.33. The van der Waals surface area contributed by atoms with Crippen molar-refractivity contribution in [2.24, 2.45) is 0 Å². The standard InChI is InChI=1S/C20H22ClN3O3/c1-27-18-7-3-2-6-15(18)13-22-20(26)23-17-12-14(8-9-16(17)21)19(25)24-10-4-5-11-24/h2-3,6-9,12H,4-5,10-11,13H2,1H3,(H2,22,23,26). The van der Waals surface area contributed by atoms with E-state index >= 15 is 0 Å². The first-order valence-electron chi connectivity index (χ1n) is 8.84. The average Bonchev–Trinajstić information content (AvgIpc) is 3.22. The monoisotopic (exact) mass is 387 g/mol. The molecule has 1 saturated heterocycles. The Morgan fingerprint density at radius 2 is 1.89 bits per heavy atom. The maximum absolute atomic E-state index is 12.5. The van der Waals surface area contributed by atoms with E-state index in [1.54, 1.807) is 25.3 Å². The lowest BCUT2D eigenvalue weighted by Crippen LogP contribution is -2.29. The quantitative estimate of drug-likeness (QED) is 0.817. The molecule has 1 heterocycles. The Hall–Kier alpha value is -2.73. The fourth-order valence-corrected chi connectivity index (χ4v) is 3.21. The molecule has 0 atom stereocenters. The summed E-state index contributed by atoms with van der Waals surface area (Å²) in [5.41, 5.74) is 1.78. The molecule has 0 aromatic heterocycles. The Balaban J connectivity index is 1.64. The van der Waals surface area contributed by atoms with Crippen LogP contribution in [0.1, 0.15) is 28.8 Å². The fraction of sp³-hybridized carbons (Fsp3) is 0.300. The van der Waals surface area contributed by atoms with Gasteiger partial charge in [0.1, 0.15) is 5.75 Å². The molecule has 2 aromatic rings. The highest BCUT2D eigenvalue weighted by Gasteiger charge is 2.20. The number of carbonyl (C=O) groups excluding carboxylic acids is 2. The molecule has 2 aromatic carbocycles. The molecule has 0 saturated carbocycles. The maximum Gasteiger partial charge on any atom is 0.319 e. The van der Waals surface area contributed by atoms with E-state index in [9.17, 15) is 9.59 Å². The van der Waals surface area contributed by atoms with Crippen LogP contribution in [-0.2, 0) is 6.54 Å². The summed E-state index contributed by atoms with van der Waals surface area (Å²) >= 11 is 6.18. The molecule has 0 aliphatic carbocycles. The first-order chi connectivity index (χ1) is 13.1. The SMILES string of the molecule is COc1ccccc1CNC(=O)Nc1cc(C(=O)N2CCCC2)ccc1Cl. The lowest BCUT2D eigenvalue weighted by atomic mass is 10.1. The lowest BCUT2D eigenvalue weighted by molar-refractivity contribution is 0.0793. The number of rotatable bonds is 5.